The fourth-order valence-corrected chi connectivity index (χ4v) is 1.55. The van der Waals surface area contributed by atoms with Crippen LogP contribution in [0.1, 0.15) is 27.7 Å². The smallest absolute Gasteiger partial charge is 0.323 e. The van der Waals surface area contributed by atoms with E-state index in [4.69, 9.17) is 9.47 Å². The Morgan fingerprint density at radius 3 is 2.25 bits per heavy atom. The molecule has 1 aromatic rings. The summed E-state index contributed by atoms with van der Waals surface area (Å²) in [5, 5.41) is 6.25. The van der Waals surface area contributed by atoms with Gasteiger partial charge >= 0.3 is 6.01 Å². The fourth-order valence-electron chi connectivity index (χ4n) is 1.55. The molecule has 7 heteroatoms. The lowest BCUT2D eigenvalue weighted by Gasteiger charge is -2.14. The van der Waals surface area contributed by atoms with Crippen LogP contribution in [0.15, 0.2) is 0 Å². The molecule has 20 heavy (non-hydrogen) atoms. The Kier molecular flexibility index (Phi) is 7.00. The van der Waals surface area contributed by atoms with Crippen molar-refractivity contribution < 1.29 is 9.47 Å². The minimum absolute atomic E-state index is 0.0205. The highest BCUT2D eigenvalue weighted by molar-refractivity contribution is 5.35. The summed E-state index contributed by atoms with van der Waals surface area (Å²) in [6, 6.07) is 0.327. The summed E-state index contributed by atoms with van der Waals surface area (Å²) in [4.78, 5) is 12.8. The number of nitrogens with one attached hydrogen (secondary N) is 2. The molecule has 1 aromatic heterocycles. The largest absolute Gasteiger partial charge is 0.461 e. The van der Waals surface area contributed by atoms with Gasteiger partial charge in [-0.1, -0.05) is 6.92 Å². The molecule has 0 saturated heterocycles. The number of anilines is 2. The molecule has 7 nitrogen and oxygen atoms in total. The topological polar surface area (TPSA) is 81.2 Å². The molecule has 1 heterocycles. The van der Waals surface area contributed by atoms with Crippen molar-refractivity contribution in [2.75, 3.05) is 37.4 Å². The Balaban J connectivity index is 2.74. The lowest BCUT2D eigenvalue weighted by molar-refractivity contribution is 0.164. The monoisotopic (exact) mass is 283 g/mol. The summed E-state index contributed by atoms with van der Waals surface area (Å²) in [5.74, 6) is 1.39. The van der Waals surface area contributed by atoms with Crippen molar-refractivity contribution in [2.24, 2.45) is 5.92 Å². The van der Waals surface area contributed by atoms with E-state index in [1.807, 2.05) is 20.8 Å². The number of hydrogen-bond acceptors (Lipinski definition) is 7. The SMILES string of the molecule is CCNc1nc(NCC(C)COC)nc(OC(C)C)n1. The molecular formula is C13H25N5O2. The number of nitrogens with zero attached hydrogens (tertiary/aromatic N) is 3. The van der Waals surface area contributed by atoms with Gasteiger partial charge in [0.1, 0.15) is 0 Å². The van der Waals surface area contributed by atoms with E-state index in [0.717, 1.165) is 13.1 Å². The first-order chi connectivity index (χ1) is 9.55. The molecule has 0 fully saturated rings. The van der Waals surface area contributed by atoms with Gasteiger partial charge in [0.25, 0.3) is 0 Å². The van der Waals surface area contributed by atoms with Gasteiger partial charge in [-0.15, -0.1) is 0 Å². The second kappa shape index (κ2) is 8.52. The van der Waals surface area contributed by atoms with E-state index in [1.165, 1.54) is 0 Å². The van der Waals surface area contributed by atoms with Crippen LogP contribution in [0, 0.1) is 5.92 Å². The Morgan fingerprint density at radius 2 is 1.70 bits per heavy atom. The van der Waals surface area contributed by atoms with Gasteiger partial charge < -0.3 is 20.1 Å². The van der Waals surface area contributed by atoms with Crippen molar-refractivity contribution in [1.82, 2.24) is 15.0 Å². The van der Waals surface area contributed by atoms with Crippen molar-refractivity contribution >= 4 is 11.9 Å². The van der Waals surface area contributed by atoms with E-state index in [0.29, 0.717) is 30.4 Å². The summed E-state index contributed by atoms with van der Waals surface area (Å²) in [6.45, 7) is 10.1. The molecule has 0 bridgehead atoms. The van der Waals surface area contributed by atoms with Crippen LogP contribution in [-0.2, 0) is 4.74 Å². The van der Waals surface area contributed by atoms with Crippen LogP contribution in [0.5, 0.6) is 6.01 Å². The fraction of sp³-hybridized carbons (Fsp3) is 0.769. The zero-order chi connectivity index (χ0) is 15.0. The standard InChI is InChI=1S/C13H25N5O2/c1-6-14-11-16-12(15-7-10(4)8-19-5)18-13(17-11)20-9(2)3/h9-10H,6-8H2,1-5H3,(H2,14,15,16,17,18). The van der Waals surface area contributed by atoms with Crippen molar-refractivity contribution in [3.63, 3.8) is 0 Å². The van der Waals surface area contributed by atoms with Gasteiger partial charge in [-0.3, -0.25) is 0 Å². The summed E-state index contributed by atoms with van der Waals surface area (Å²) >= 11 is 0. The van der Waals surface area contributed by atoms with Gasteiger partial charge in [-0.25, -0.2) is 0 Å². The maximum Gasteiger partial charge on any atom is 0.323 e. The maximum absolute atomic E-state index is 5.53. The number of ether oxygens (including phenoxy) is 2. The van der Waals surface area contributed by atoms with Crippen molar-refractivity contribution in [3.05, 3.63) is 0 Å². The Bertz CT molecular complexity index is 400. The van der Waals surface area contributed by atoms with Crippen LogP contribution in [0.4, 0.5) is 11.9 Å². The van der Waals surface area contributed by atoms with E-state index in [1.54, 1.807) is 7.11 Å². The maximum atomic E-state index is 5.53. The number of hydrogen-bond donors (Lipinski definition) is 2. The Morgan fingerprint density at radius 1 is 1.05 bits per heavy atom. The normalized spacial score (nSPS) is 12.3. The summed E-state index contributed by atoms with van der Waals surface area (Å²) < 4.78 is 10.6. The van der Waals surface area contributed by atoms with Crippen molar-refractivity contribution in [1.29, 1.82) is 0 Å². The third kappa shape index (κ3) is 6.01. The van der Waals surface area contributed by atoms with Gasteiger partial charge in [-0.2, -0.15) is 15.0 Å². The molecule has 0 saturated carbocycles. The first-order valence-corrected chi connectivity index (χ1v) is 6.94. The molecule has 0 spiro atoms. The van der Waals surface area contributed by atoms with Crippen LogP contribution < -0.4 is 15.4 Å². The predicted octanol–water partition coefficient (Wildman–Crippen LogP) is 1.78. The third-order valence-corrected chi connectivity index (χ3v) is 2.35. The first-order valence-electron chi connectivity index (χ1n) is 6.94. The Labute approximate surface area is 120 Å². The van der Waals surface area contributed by atoms with Crippen molar-refractivity contribution in [3.8, 4) is 6.01 Å². The van der Waals surface area contributed by atoms with Crippen LogP contribution in [0.3, 0.4) is 0 Å². The van der Waals surface area contributed by atoms with Gasteiger partial charge in [0.15, 0.2) is 0 Å². The first kappa shape index (κ1) is 16.4. The van der Waals surface area contributed by atoms with Gasteiger partial charge in [0.2, 0.25) is 11.9 Å². The van der Waals surface area contributed by atoms with Gasteiger partial charge in [0.05, 0.1) is 12.7 Å². The van der Waals surface area contributed by atoms with Crippen molar-refractivity contribution in [2.45, 2.75) is 33.8 Å². The third-order valence-electron chi connectivity index (χ3n) is 2.35. The zero-order valence-corrected chi connectivity index (χ0v) is 12.9. The van der Waals surface area contributed by atoms with Crippen LogP contribution in [0.25, 0.3) is 0 Å². The van der Waals surface area contributed by atoms with E-state index in [2.05, 4.69) is 32.5 Å². The van der Waals surface area contributed by atoms with E-state index in [9.17, 15) is 0 Å². The highest BCUT2D eigenvalue weighted by Crippen LogP contribution is 2.13. The number of aromatic nitrogens is 3. The summed E-state index contributed by atoms with van der Waals surface area (Å²) in [6.07, 6.45) is 0.0205. The van der Waals surface area contributed by atoms with Gasteiger partial charge in [0, 0.05) is 20.2 Å². The second-order valence-corrected chi connectivity index (χ2v) is 4.90. The quantitative estimate of drug-likeness (QED) is 0.715. The molecule has 0 aliphatic rings. The molecule has 0 aromatic carbocycles. The molecule has 0 radical (unpaired) electrons. The van der Waals surface area contributed by atoms with Gasteiger partial charge in [-0.05, 0) is 26.7 Å². The minimum atomic E-state index is 0.0205. The zero-order valence-electron chi connectivity index (χ0n) is 12.9. The molecular weight excluding hydrogens is 258 g/mol. The van der Waals surface area contributed by atoms with E-state index < -0.39 is 0 Å². The lowest BCUT2D eigenvalue weighted by Crippen LogP contribution is -2.19. The van der Waals surface area contributed by atoms with Crippen LogP contribution >= 0.6 is 0 Å². The summed E-state index contributed by atoms with van der Waals surface area (Å²) in [7, 11) is 1.69. The molecule has 0 aliphatic heterocycles. The van der Waals surface area contributed by atoms with Crippen LogP contribution in [0.2, 0.25) is 0 Å². The highest BCUT2D eigenvalue weighted by Gasteiger charge is 2.09. The molecule has 1 atom stereocenters. The second-order valence-electron chi connectivity index (χ2n) is 4.90. The molecule has 1 rings (SSSR count). The van der Waals surface area contributed by atoms with Crippen LogP contribution in [-0.4, -0.2) is 47.9 Å². The summed E-state index contributed by atoms with van der Waals surface area (Å²) in [5.41, 5.74) is 0. The molecule has 1 unspecified atom stereocenters. The molecule has 2 N–H and O–H groups in total. The van der Waals surface area contributed by atoms with E-state index >= 15 is 0 Å². The lowest BCUT2D eigenvalue weighted by atomic mass is 10.2. The Hall–Kier alpha value is -1.63. The molecule has 114 valence electrons. The highest BCUT2D eigenvalue weighted by atomic mass is 16.5. The number of methoxy groups -OCH3 is 1. The molecule has 0 aliphatic carbocycles. The van der Waals surface area contributed by atoms with E-state index in [-0.39, 0.29) is 6.10 Å². The number of rotatable bonds is 9. The average Bonchev–Trinajstić information content (AvgIpc) is 2.36. The minimum Gasteiger partial charge on any atom is -0.461 e. The average molecular weight is 283 g/mol. The predicted molar refractivity (Wildman–Crippen MR) is 79.3 cm³/mol. The molecule has 0 amide bonds.